The summed E-state index contributed by atoms with van der Waals surface area (Å²) >= 11 is 0. The van der Waals surface area contributed by atoms with Crippen LogP contribution in [0.25, 0.3) is 0 Å². The first-order chi connectivity index (χ1) is 11.5. The van der Waals surface area contributed by atoms with Crippen LogP contribution in [0.2, 0.25) is 0 Å². The van der Waals surface area contributed by atoms with E-state index in [1.165, 1.54) is 24.4 Å². The Morgan fingerprint density at radius 2 is 2.04 bits per heavy atom. The number of nitrogens with zero attached hydrogens (tertiary/aromatic N) is 2. The van der Waals surface area contributed by atoms with Crippen LogP contribution in [-0.4, -0.2) is 31.4 Å². The van der Waals surface area contributed by atoms with Gasteiger partial charge in [0.25, 0.3) is 0 Å². The van der Waals surface area contributed by atoms with E-state index in [0.717, 1.165) is 32.6 Å². The Balaban J connectivity index is 1.62. The summed E-state index contributed by atoms with van der Waals surface area (Å²) in [6, 6.07) is 5.85. The van der Waals surface area contributed by atoms with Crippen LogP contribution in [-0.2, 0) is 27.1 Å². The molecule has 0 saturated carbocycles. The van der Waals surface area contributed by atoms with Crippen LogP contribution in [0.5, 0.6) is 0 Å². The lowest BCUT2D eigenvalue weighted by Gasteiger charge is -2.21. The van der Waals surface area contributed by atoms with Crippen molar-refractivity contribution in [2.45, 2.75) is 25.1 Å². The molecule has 1 aliphatic heterocycles. The average molecular weight is 353 g/mol. The van der Waals surface area contributed by atoms with Gasteiger partial charge in [-0.1, -0.05) is 18.2 Å². The van der Waals surface area contributed by atoms with Gasteiger partial charge in [0.2, 0.25) is 10.0 Å². The highest BCUT2D eigenvalue weighted by Crippen LogP contribution is 2.18. The second-order valence-electron chi connectivity index (χ2n) is 5.96. The molecule has 6 nitrogen and oxygen atoms in total. The molecule has 8 heteroatoms. The van der Waals surface area contributed by atoms with E-state index in [2.05, 4.69) is 9.82 Å². The molecule has 24 heavy (non-hydrogen) atoms. The second-order valence-corrected chi connectivity index (χ2v) is 7.68. The number of hydrogen-bond donors (Lipinski definition) is 1. The summed E-state index contributed by atoms with van der Waals surface area (Å²) < 4.78 is 47.5. The van der Waals surface area contributed by atoms with Crippen molar-refractivity contribution in [2.75, 3.05) is 17.9 Å². The fraction of sp³-hybridized carbons (Fsp3) is 0.438. The first-order valence-corrected chi connectivity index (χ1v) is 9.51. The van der Waals surface area contributed by atoms with E-state index in [4.69, 9.17) is 4.74 Å². The summed E-state index contributed by atoms with van der Waals surface area (Å²) in [6.07, 6.45) is 5.09. The molecule has 0 radical (unpaired) electrons. The Morgan fingerprint density at radius 1 is 1.29 bits per heavy atom. The fourth-order valence-corrected chi connectivity index (χ4v) is 3.93. The van der Waals surface area contributed by atoms with Crippen molar-refractivity contribution >= 4 is 15.7 Å². The van der Waals surface area contributed by atoms with Gasteiger partial charge in [0.1, 0.15) is 5.82 Å². The topological polar surface area (TPSA) is 73.2 Å². The van der Waals surface area contributed by atoms with Gasteiger partial charge in [-0.2, -0.15) is 5.10 Å². The van der Waals surface area contributed by atoms with Crippen molar-refractivity contribution in [3.05, 3.63) is 48.0 Å². The lowest BCUT2D eigenvalue weighted by molar-refractivity contribution is 0.0601. The maximum atomic E-state index is 13.6. The molecule has 1 aliphatic rings. The van der Waals surface area contributed by atoms with Crippen LogP contribution in [0.15, 0.2) is 36.7 Å². The Kier molecular flexibility index (Phi) is 5.15. The van der Waals surface area contributed by atoms with Gasteiger partial charge in [0.05, 0.1) is 17.6 Å². The zero-order valence-electron chi connectivity index (χ0n) is 13.2. The maximum Gasteiger partial charge on any atom is 0.237 e. The quantitative estimate of drug-likeness (QED) is 0.865. The Morgan fingerprint density at radius 3 is 2.79 bits per heavy atom. The van der Waals surface area contributed by atoms with Crippen molar-refractivity contribution in [2.24, 2.45) is 5.92 Å². The Labute approximate surface area is 140 Å². The van der Waals surface area contributed by atoms with Gasteiger partial charge < -0.3 is 4.74 Å². The third-order valence-corrected chi connectivity index (χ3v) is 5.23. The van der Waals surface area contributed by atoms with E-state index < -0.39 is 21.6 Å². The number of anilines is 1. The number of nitrogens with one attached hydrogen (secondary N) is 1. The molecule has 1 aromatic heterocycles. The van der Waals surface area contributed by atoms with Gasteiger partial charge in [0.15, 0.2) is 0 Å². The predicted molar refractivity (Wildman–Crippen MR) is 88.4 cm³/mol. The molecule has 1 N–H and O–H groups in total. The number of benzene rings is 1. The van der Waals surface area contributed by atoms with E-state index in [1.807, 2.05) is 0 Å². The molecule has 0 amide bonds. The average Bonchev–Trinajstić information content (AvgIpc) is 2.96. The van der Waals surface area contributed by atoms with Crippen molar-refractivity contribution in [1.29, 1.82) is 0 Å². The number of aromatic nitrogens is 2. The minimum atomic E-state index is -3.69. The van der Waals surface area contributed by atoms with Crippen LogP contribution in [0.1, 0.15) is 18.4 Å². The molecule has 0 spiro atoms. The molecule has 130 valence electrons. The van der Waals surface area contributed by atoms with E-state index >= 15 is 0 Å². The molecule has 1 aromatic carbocycles. The first-order valence-electron chi connectivity index (χ1n) is 7.86. The van der Waals surface area contributed by atoms with Gasteiger partial charge >= 0.3 is 0 Å². The van der Waals surface area contributed by atoms with Crippen LogP contribution in [0, 0.1) is 11.7 Å². The number of rotatable bonds is 6. The lowest BCUT2D eigenvalue weighted by Crippen LogP contribution is -2.20. The van der Waals surface area contributed by atoms with Crippen LogP contribution >= 0.6 is 0 Å². The second kappa shape index (κ2) is 7.31. The standard InChI is InChI=1S/C16H20FN3O3S/c17-16-4-2-1-3-14(16)12-24(21,22)19-15-9-18-20(11-15)10-13-5-7-23-8-6-13/h1-4,9,11,13,19H,5-8,10,12H2. The van der Waals surface area contributed by atoms with Gasteiger partial charge in [-0.15, -0.1) is 0 Å². The normalized spacial score (nSPS) is 16.2. The molecule has 0 aliphatic carbocycles. The SMILES string of the molecule is O=S(=O)(Cc1ccccc1F)Nc1cnn(CC2CCOCC2)c1. The van der Waals surface area contributed by atoms with Gasteiger partial charge in [-0.3, -0.25) is 9.40 Å². The minimum Gasteiger partial charge on any atom is -0.381 e. The van der Waals surface area contributed by atoms with E-state index in [0.29, 0.717) is 11.6 Å². The Bertz CT molecular complexity index is 785. The smallest absolute Gasteiger partial charge is 0.237 e. The minimum absolute atomic E-state index is 0.139. The lowest BCUT2D eigenvalue weighted by atomic mass is 10.0. The molecule has 2 aromatic rings. The zero-order chi connectivity index (χ0) is 17.0. The van der Waals surface area contributed by atoms with Crippen molar-refractivity contribution in [1.82, 2.24) is 9.78 Å². The summed E-state index contributed by atoms with van der Waals surface area (Å²) in [5, 5.41) is 4.19. The molecular weight excluding hydrogens is 333 g/mol. The highest BCUT2D eigenvalue weighted by atomic mass is 32.2. The highest BCUT2D eigenvalue weighted by Gasteiger charge is 2.17. The largest absolute Gasteiger partial charge is 0.381 e. The zero-order valence-corrected chi connectivity index (χ0v) is 14.0. The molecule has 0 bridgehead atoms. The van der Waals surface area contributed by atoms with Crippen molar-refractivity contribution in [3.8, 4) is 0 Å². The van der Waals surface area contributed by atoms with E-state index in [9.17, 15) is 12.8 Å². The molecule has 3 rings (SSSR count). The number of ether oxygens (including phenoxy) is 1. The summed E-state index contributed by atoms with van der Waals surface area (Å²) in [7, 11) is -3.69. The van der Waals surface area contributed by atoms with Crippen LogP contribution < -0.4 is 4.72 Å². The summed E-state index contributed by atoms with van der Waals surface area (Å²) in [4.78, 5) is 0. The van der Waals surface area contributed by atoms with E-state index in [-0.39, 0.29) is 5.56 Å². The van der Waals surface area contributed by atoms with Crippen molar-refractivity contribution < 1.29 is 17.5 Å². The molecule has 0 atom stereocenters. The first kappa shape index (κ1) is 16.9. The fourth-order valence-electron chi connectivity index (χ4n) is 2.75. The number of sulfonamides is 1. The molecule has 1 saturated heterocycles. The van der Waals surface area contributed by atoms with Gasteiger partial charge in [-0.25, -0.2) is 12.8 Å². The van der Waals surface area contributed by atoms with Crippen molar-refractivity contribution in [3.63, 3.8) is 0 Å². The summed E-state index contributed by atoms with van der Waals surface area (Å²) in [5.74, 6) is -0.454. The number of halogens is 1. The van der Waals surface area contributed by atoms with E-state index in [1.54, 1.807) is 16.9 Å². The molecular formula is C16H20FN3O3S. The predicted octanol–water partition coefficient (Wildman–Crippen LogP) is 2.39. The maximum absolute atomic E-state index is 13.6. The highest BCUT2D eigenvalue weighted by molar-refractivity contribution is 7.91. The monoisotopic (exact) mass is 353 g/mol. The third-order valence-electron chi connectivity index (χ3n) is 4.00. The molecule has 1 fully saturated rings. The van der Waals surface area contributed by atoms with Gasteiger partial charge in [-0.05, 0) is 24.8 Å². The summed E-state index contributed by atoms with van der Waals surface area (Å²) in [6.45, 7) is 2.25. The molecule has 2 heterocycles. The number of hydrogen-bond acceptors (Lipinski definition) is 4. The van der Waals surface area contributed by atoms with Crippen LogP contribution in [0.4, 0.5) is 10.1 Å². The summed E-state index contributed by atoms with van der Waals surface area (Å²) in [5.41, 5.74) is 0.526. The van der Waals surface area contributed by atoms with Crippen LogP contribution in [0.3, 0.4) is 0 Å². The third kappa shape index (κ3) is 4.55. The molecule has 0 unspecified atom stereocenters. The Hall–Kier alpha value is -1.93. The van der Waals surface area contributed by atoms with Gasteiger partial charge in [0, 0.05) is 31.5 Å².